The van der Waals surface area contributed by atoms with E-state index >= 15 is 0 Å². The number of benzene rings is 2. The molecule has 0 saturated heterocycles. The minimum absolute atomic E-state index is 0.722. The quantitative estimate of drug-likeness (QED) is 0.695. The van der Waals surface area contributed by atoms with Crippen LogP contribution in [0.5, 0.6) is 0 Å². The maximum Gasteiger partial charge on any atom is 0.252 e. The number of azo groups is 1. The van der Waals surface area contributed by atoms with E-state index in [2.05, 4.69) is 10.2 Å². The third kappa shape index (κ3) is 4.01. The van der Waals surface area contributed by atoms with E-state index in [0.717, 1.165) is 16.3 Å². The molecule has 2 aromatic carbocycles. The van der Waals surface area contributed by atoms with Crippen LogP contribution in [0.4, 0.5) is 5.69 Å². The van der Waals surface area contributed by atoms with Crippen LogP contribution in [0.15, 0.2) is 64.8 Å². The van der Waals surface area contributed by atoms with Gasteiger partial charge in [0.1, 0.15) is 5.69 Å². The lowest BCUT2D eigenvalue weighted by molar-refractivity contribution is 0.0831. The van der Waals surface area contributed by atoms with Crippen molar-refractivity contribution in [2.24, 2.45) is 10.2 Å². The average Bonchev–Trinajstić information content (AvgIpc) is 2.45. The summed E-state index contributed by atoms with van der Waals surface area (Å²) in [6.07, 6.45) is 0. The Morgan fingerprint density at radius 3 is 2.25 bits per heavy atom. The van der Waals surface area contributed by atoms with Crippen molar-refractivity contribution in [2.45, 2.75) is 19.6 Å². The molecule has 102 valence electrons. The van der Waals surface area contributed by atoms with Crippen molar-refractivity contribution in [1.29, 1.82) is 0 Å². The molecule has 5 heteroatoms. The van der Waals surface area contributed by atoms with Gasteiger partial charge in [-0.1, -0.05) is 30.3 Å². The van der Waals surface area contributed by atoms with Crippen LogP contribution in [0.2, 0.25) is 0 Å². The van der Waals surface area contributed by atoms with Crippen molar-refractivity contribution >= 4 is 34.8 Å². The second kappa shape index (κ2) is 6.31. The zero-order chi connectivity index (χ0) is 14.6. The molecular formula is C15H16N2OPS+. The van der Waals surface area contributed by atoms with Crippen LogP contribution < -0.4 is 10.6 Å². The molecular weight excluding hydrogens is 287 g/mol. The largest absolute Gasteiger partial charge is 0.368 e. The molecule has 0 radical (unpaired) electrons. The third-order valence-electron chi connectivity index (χ3n) is 2.49. The van der Waals surface area contributed by atoms with E-state index in [4.69, 9.17) is 11.8 Å². The van der Waals surface area contributed by atoms with Crippen LogP contribution in [-0.2, 0) is 11.8 Å². The summed E-state index contributed by atoms with van der Waals surface area (Å²) >= 11 is 5.67. The Balaban J connectivity index is 2.38. The first-order valence-corrected chi connectivity index (χ1v) is 8.59. The van der Waals surface area contributed by atoms with E-state index in [1.165, 1.54) is 0 Å². The number of aliphatic hydroxyl groups is 1. The molecule has 0 heterocycles. The molecule has 3 nitrogen and oxygen atoms in total. The Morgan fingerprint density at radius 1 is 1.00 bits per heavy atom. The molecule has 0 amide bonds. The zero-order valence-electron chi connectivity index (χ0n) is 11.4. The van der Waals surface area contributed by atoms with Crippen LogP contribution in [0, 0.1) is 0 Å². The SMILES string of the molecule is CC(C)(O)N=Nc1ccccc1[P+](=S)c1ccccc1. The molecule has 0 aliphatic rings. The molecule has 1 N–H and O–H groups in total. The van der Waals surface area contributed by atoms with Crippen LogP contribution in [-0.4, -0.2) is 10.8 Å². The Hall–Kier alpha value is -1.48. The van der Waals surface area contributed by atoms with Crippen LogP contribution in [0.1, 0.15) is 13.8 Å². The van der Waals surface area contributed by atoms with Crippen molar-refractivity contribution in [1.82, 2.24) is 0 Å². The predicted octanol–water partition coefficient (Wildman–Crippen LogP) is 3.39. The highest BCUT2D eigenvalue weighted by molar-refractivity contribution is 8.12. The van der Waals surface area contributed by atoms with Crippen molar-refractivity contribution in [3.8, 4) is 0 Å². The van der Waals surface area contributed by atoms with Crippen LogP contribution in [0.25, 0.3) is 0 Å². The van der Waals surface area contributed by atoms with Gasteiger partial charge < -0.3 is 5.11 Å². The molecule has 0 saturated carbocycles. The lowest BCUT2D eigenvalue weighted by Crippen LogP contribution is -2.13. The van der Waals surface area contributed by atoms with Gasteiger partial charge in [-0.15, -0.1) is 5.11 Å². The van der Waals surface area contributed by atoms with Crippen molar-refractivity contribution in [3.05, 3.63) is 54.6 Å². The second-order valence-electron chi connectivity index (χ2n) is 4.81. The highest BCUT2D eigenvalue weighted by Crippen LogP contribution is 2.26. The van der Waals surface area contributed by atoms with E-state index in [1.54, 1.807) is 13.8 Å². The molecule has 20 heavy (non-hydrogen) atoms. The summed E-state index contributed by atoms with van der Waals surface area (Å²) < 4.78 is 0. The first-order valence-electron chi connectivity index (χ1n) is 6.24. The number of hydrogen-bond donors (Lipinski definition) is 1. The van der Waals surface area contributed by atoms with Crippen LogP contribution in [0.3, 0.4) is 0 Å². The Bertz CT molecular complexity index is 636. The smallest absolute Gasteiger partial charge is 0.252 e. The summed E-state index contributed by atoms with van der Waals surface area (Å²) in [7, 11) is 0. The first kappa shape index (κ1) is 14.9. The third-order valence-corrected chi connectivity index (χ3v) is 5.30. The average molecular weight is 303 g/mol. The van der Waals surface area contributed by atoms with E-state index in [1.807, 2.05) is 54.6 Å². The van der Waals surface area contributed by atoms with Gasteiger partial charge in [0.15, 0.2) is 28.1 Å². The molecule has 0 bridgehead atoms. The minimum Gasteiger partial charge on any atom is -0.368 e. The van der Waals surface area contributed by atoms with Crippen molar-refractivity contribution in [3.63, 3.8) is 0 Å². The fourth-order valence-corrected chi connectivity index (χ4v) is 3.70. The van der Waals surface area contributed by atoms with Crippen molar-refractivity contribution < 1.29 is 5.11 Å². The lowest BCUT2D eigenvalue weighted by Gasteiger charge is -2.07. The van der Waals surface area contributed by atoms with Gasteiger partial charge in [0.2, 0.25) is 0 Å². The molecule has 0 spiro atoms. The molecule has 0 aromatic heterocycles. The lowest BCUT2D eigenvalue weighted by atomic mass is 10.3. The highest BCUT2D eigenvalue weighted by atomic mass is 32.4. The summed E-state index contributed by atoms with van der Waals surface area (Å²) in [5, 5.41) is 19.8. The van der Waals surface area contributed by atoms with Gasteiger partial charge >= 0.3 is 0 Å². The molecule has 2 rings (SSSR count). The molecule has 2 aromatic rings. The van der Waals surface area contributed by atoms with Gasteiger partial charge in [-0.25, -0.2) is 0 Å². The summed E-state index contributed by atoms with van der Waals surface area (Å²) in [6, 6.07) is 17.7. The van der Waals surface area contributed by atoms with Gasteiger partial charge in [-0.2, -0.15) is 5.11 Å². The maximum atomic E-state index is 9.64. The summed E-state index contributed by atoms with van der Waals surface area (Å²) in [5.74, 6) is 0. The number of rotatable bonds is 4. The number of hydrogen-bond acceptors (Lipinski definition) is 4. The predicted molar refractivity (Wildman–Crippen MR) is 87.3 cm³/mol. The molecule has 0 fully saturated rings. The van der Waals surface area contributed by atoms with Crippen molar-refractivity contribution in [2.75, 3.05) is 0 Å². The molecule has 0 aliphatic carbocycles. The van der Waals surface area contributed by atoms with Gasteiger partial charge in [0.05, 0.1) is 0 Å². The Kier molecular flexibility index (Phi) is 4.71. The summed E-state index contributed by atoms with van der Waals surface area (Å²) in [4.78, 5) is 0. The topological polar surface area (TPSA) is 45.0 Å². The number of nitrogens with zero attached hydrogens (tertiary/aromatic N) is 2. The molecule has 1 atom stereocenters. The summed E-state index contributed by atoms with van der Waals surface area (Å²) in [5.41, 5.74) is -0.455. The Morgan fingerprint density at radius 2 is 1.60 bits per heavy atom. The Labute approximate surface area is 124 Å². The molecule has 0 aliphatic heterocycles. The summed E-state index contributed by atoms with van der Waals surface area (Å²) in [6.45, 7) is 2.29. The normalized spacial score (nSPS) is 12.7. The molecule has 1 unspecified atom stereocenters. The van der Waals surface area contributed by atoms with E-state index in [0.29, 0.717) is 0 Å². The monoisotopic (exact) mass is 303 g/mol. The van der Waals surface area contributed by atoms with E-state index < -0.39 is 12.4 Å². The van der Waals surface area contributed by atoms with Crippen LogP contribution >= 0.6 is 6.70 Å². The van der Waals surface area contributed by atoms with Gasteiger partial charge in [-0.3, -0.25) is 0 Å². The second-order valence-corrected chi connectivity index (χ2v) is 7.50. The minimum atomic E-state index is -1.18. The highest BCUT2D eigenvalue weighted by Gasteiger charge is 2.22. The van der Waals surface area contributed by atoms with E-state index in [-0.39, 0.29) is 0 Å². The van der Waals surface area contributed by atoms with Gasteiger partial charge in [0.25, 0.3) is 6.70 Å². The standard InChI is InChI=1S/C15H16N2OPS/c1-15(2,18)17-16-13-10-6-7-11-14(13)19(20)12-8-4-3-5-9-12/h3-11,18H,1-2H3/q+1. The first-order chi connectivity index (χ1) is 9.47. The zero-order valence-corrected chi connectivity index (χ0v) is 13.1. The fraction of sp³-hybridized carbons (Fsp3) is 0.200. The maximum absolute atomic E-state index is 9.64. The van der Waals surface area contributed by atoms with Gasteiger partial charge in [-0.05, 0) is 38.1 Å². The van der Waals surface area contributed by atoms with E-state index in [9.17, 15) is 5.11 Å². The fourth-order valence-electron chi connectivity index (χ4n) is 1.60. The van der Waals surface area contributed by atoms with Gasteiger partial charge in [0, 0.05) is 0 Å².